The van der Waals surface area contributed by atoms with Gasteiger partial charge in [-0.25, -0.2) is 4.98 Å². The van der Waals surface area contributed by atoms with Crippen molar-refractivity contribution in [3.63, 3.8) is 0 Å². The summed E-state index contributed by atoms with van der Waals surface area (Å²) in [6.45, 7) is 7.45. The lowest BCUT2D eigenvalue weighted by molar-refractivity contribution is 0.123. The minimum atomic E-state index is 0.575. The molecule has 6 nitrogen and oxygen atoms in total. The van der Waals surface area contributed by atoms with Crippen molar-refractivity contribution in [1.82, 2.24) is 9.97 Å². The second-order valence-corrected chi connectivity index (χ2v) is 6.90. The summed E-state index contributed by atoms with van der Waals surface area (Å²) < 4.78 is 5.48. The molecule has 0 saturated carbocycles. The lowest BCUT2D eigenvalue weighted by atomic mass is 10.1. The van der Waals surface area contributed by atoms with Gasteiger partial charge in [0, 0.05) is 25.0 Å². The van der Waals surface area contributed by atoms with E-state index >= 15 is 0 Å². The van der Waals surface area contributed by atoms with E-state index < -0.39 is 0 Å². The van der Waals surface area contributed by atoms with Crippen LogP contribution in [0.15, 0.2) is 54.7 Å². The van der Waals surface area contributed by atoms with Gasteiger partial charge in [0.25, 0.3) is 0 Å². The Labute approximate surface area is 165 Å². The number of anilines is 5. The van der Waals surface area contributed by atoms with Gasteiger partial charge in [-0.1, -0.05) is 30.3 Å². The maximum atomic E-state index is 5.48. The van der Waals surface area contributed by atoms with Crippen LogP contribution in [0.5, 0.6) is 0 Å². The van der Waals surface area contributed by atoms with E-state index in [1.807, 2.05) is 12.1 Å². The Kier molecular flexibility index (Phi) is 5.39. The van der Waals surface area contributed by atoms with Crippen LogP contribution in [-0.4, -0.2) is 36.3 Å². The number of para-hydroxylation sites is 3. The second-order valence-electron chi connectivity index (χ2n) is 6.90. The van der Waals surface area contributed by atoms with Crippen molar-refractivity contribution < 1.29 is 4.74 Å². The van der Waals surface area contributed by atoms with Gasteiger partial charge < -0.3 is 20.3 Å². The molecule has 2 aromatic carbocycles. The van der Waals surface area contributed by atoms with E-state index in [1.54, 1.807) is 6.20 Å². The van der Waals surface area contributed by atoms with Crippen LogP contribution in [0.3, 0.4) is 0 Å². The van der Waals surface area contributed by atoms with Crippen LogP contribution < -0.4 is 15.5 Å². The van der Waals surface area contributed by atoms with E-state index in [0.717, 1.165) is 49.2 Å². The highest BCUT2D eigenvalue weighted by Crippen LogP contribution is 2.29. The highest BCUT2D eigenvalue weighted by molar-refractivity contribution is 5.74. The van der Waals surface area contributed by atoms with Gasteiger partial charge in [0.2, 0.25) is 5.95 Å². The zero-order valence-corrected chi connectivity index (χ0v) is 16.3. The molecule has 0 aliphatic carbocycles. The van der Waals surface area contributed by atoms with Crippen molar-refractivity contribution in [3.8, 4) is 0 Å². The van der Waals surface area contributed by atoms with Gasteiger partial charge in [0.1, 0.15) is 5.82 Å². The molecule has 28 heavy (non-hydrogen) atoms. The first kappa shape index (κ1) is 18.3. The molecule has 1 aromatic heterocycles. The lowest BCUT2D eigenvalue weighted by Crippen LogP contribution is -2.36. The number of nitrogens with one attached hydrogen (secondary N) is 2. The third-order valence-electron chi connectivity index (χ3n) is 4.89. The standard InChI is InChI=1S/C22H25N5O/c1-16-6-5-7-17(2)21(16)26-22-23-11-10-20(25-22)24-18-8-3-4-9-19(18)27-12-14-28-15-13-27/h3-11H,12-15H2,1-2H3,(H2,23,24,25,26). The molecule has 0 unspecified atom stereocenters. The van der Waals surface area contributed by atoms with Gasteiger partial charge >= 0.3 is 0 Å². The Bertz CT molecular complexity index is 933. The van der Waals surface area contributed by atoms with Crippen molar-refractivity contribution in [2.24, 2.45) is 0 Å². The Hall–Kier alpha value is -3.12. The first-order valence-electron chi connectivity index (χ1n) is 9.56. The van der Waals surface area contributed by atoms with Crippen LogP contribution in [-0.2, 0) is 4.74 Å². The summed E-state index contributed by atoms with van der Waals surface area (Å²) in [5.41, 5.74) is 5.57. The smallest absolute Gasteiger partial charge is 0.229 e. The largest absolute Gasteiger partial charge is 0.378 e. The summed E-state index contributed by atoms with van der Waals surface area (Å²) in [7, 11) is 0. The van der Waals surface area contributed by atoms with Crippen molar-refractivity contribution in [1.29, 1.82) is 0 Å². The molecule has 1 fully saturated rings. The van der Waals surface area contributed by atoms with Gasteiger partial charge in [-0.15, -0.1) is 0 Å². The van der Waals surface area contributed by atoms with E-state index in [2.05, 4.69) is 75.7 Å². The molecule has 3 aromatic rings. The third kappa shape index (κ3) is 4.07. The van der Waals surface area contributed by atoms with Crippen LogP contribution in [0.1, 0.15) is 11.1 Å². The van der Waals surface area contributed by atoms with Crippen molar-refractivity contribution >= 4 is 28.8 Å². The number of nitrogens with zero attached hydrogens (tertiary/aromatic N) is 3. The summed E-state index contributed by atoms with van der Waals surface area (Å²) in [6, 6.07) is 16.4. The van der Waals surface area contributed by atoms with E-state index in [0.29, 0.717) is 5.95 Å². The summed E-state index contributed by atoms with van der Waals surface area (Å²) >= 11 is 0. The second kappa shape index (κ2) is 8.27. The number of hydrogen-bond acceptors (Lipinski definition) is 6. The highest BCUT2D eigenvalue weighted by atomic mass is 16.5. The molecule has 4 rings (SSSR count). The monoisotopic (exact) mass is 375 g/mol. The molecule has 2 heterocycles. The number of rotatable bonds is 5. The minimum Gasteiger partial charge on any atom is -0.378 e. The number of ether oxygens (including phenoxy) is 1. The predicted octanol–water partition coefficient (Wildman–Crippen LogP) is 4.42. The van der Waals surface area contributed by atoms with Crippen LogP contribution >= 0.6 is 0 Å². The molecule has 0 amide bonds. The predicted molar refractivity (Wildman–Crippen MR) is 114 cm³/mol. The maximum absolute atomic E-state index is 5.48. The molecule has 144 valence electrons. The number of benzene rings is 2. The van der Waals surface area contributed by atoms with Gasteiger partial charge in [0.15, 0.2) is 0 Å². The normalized spacial score (nSPS) is 14.0. The molecule has 1 aliphatic heterocycles. The summed E-state index contributed by atoms with van der Waals surface area (Å²) in [5, 5.41) is 6.81. The molecule has 6 heteroatoms. The maximum Gasteiger partial charge on any atom is 0.229 e. The molecule has 1 aliphatic rings. The van der Waals surface area contributed by atoms with E-state index in [4.69, 9.17) is 4.74 Å². The summed E-state index contributed by atoms with van der Waals surface area (Å²) in [5.74, 6) is 1.33. The Balaban J connectivity index is 1.56. The van der Waals surface area contributed by atoms with E-state index in [1.165, 1.54) is 11.1 Å². The average molecular weight is 375 g/mol. The first-order chi connectivity index (χ1) is 13.7. The lowest BCUT2D eigenvalue weighted by Gasteiger charge is -2.30. The minimum absolute atomic E-state index is 0.575. The molecule has 0 radical (unpaired) electrons. The third-order valence-corrected chi connectivity index (χ3v) is 4.89. The van der Waals surface area contributed by atoms with E-state index in [9.17, 15) is 0 Å². The quantitative estimate of drug-likeness (QED) is 0.688. The van der Waals surface area contributed by atoms with Crippen LogP contribution in [0, 0.1) is 13.8 Å². The Morgan fingerprint density at radius 3 is 2.43 bits per heavy atom. The van der Waals surface area contributed by atoms with E-state index in [-0.39, 0.29) is 0 Å². The van der Waals surface area contributed by atoms with Crippen LogP contribution in [0.25, 0.3) is 0 Å². The molecule has 0 atom stereocenters. The van der Waals surface area contributed by atoms with Gasteiger partial charge in [-0.05, 0) is 43.2 Å². The van der Waals surface area contributed by atoms with Crippen molar-refractivity contribution in [2.75, 3.05) is 41.8 Å². The van der Waals surface area contributed by atoms with Gasteiger partial charge in [-0.2, -0.15) is 4.98 Å². The Morgan fingerprint density at radius 1 is 0.893 bits per heavy atom. The highest BCUT2D eigenvalue weighted by Gasteiger charge is 2.15. The topological polar surface area (TPSA) is 62.3 Å². The van der Waals surface area contributed by atoms with Crippen molar-refractivity contribution in [3.05, 3.63) is 65.9 Å². The fourth-order valence-electron chi connectivity index (χ4n) is 3.41. The number of hydrogen-bond donors (Lipinski definition) is 2. The molecule has 0 spiro atoms. The number of aromatic nitrogens is 2. The SMILES string of the molecule is Cc1cccc(C)c1Nc1nccc(Nc2ccccc2N2CCOCC2)n1. The summed E-state index contributed by atoms with van der Waals surface area (Å²) in [6.07, 6.45) is 1.77. The summed E-state index contributed by atoms with van der Waals surface area (Å²) in [4.78, 5) is 11.4. The van der Waals surface area contributed by atoms with Crippen LogP contribution in [0.2, 0.25) is 0 Å². The molecular formula is C22H25N5O. The molecule has 0 bridgehead atoms. The van der Waals surface area contributed by atoms with Gasteiger partial charge in [-0.3, -0.25) is 0 Å². The average Bonchev–Trinajstić information content (AvgIpc) is 2.72. The van der Waals surface area contributed by atoms with Gasteiger partial charge in [0.05, 0.1) is 24.6 Å². The molecule has 1 saturated heterocycles. The number of aryl methyl sites for hydroxylation is 2. The molecular weight excluding hydrogens is 350 g/mol. The first-order valence-corrected chi connectivity index (χ1v) is 9.56. The Morgan fingerprint density at radius 2 is 1.64 bits per heavy atom. The zero-order chi connectivity index (χ0) is 19.3. The fraction of sp³-hybridized carbons (Fsp3) is 0.273. The molecule has 2 N–H and O–H groups in total. The zero-order valence-electron chi connectivity index (χ0n) is 16.3. The van der Waals surface area contributed by atoms with Crippen molar-refractivity contribution in [2.45, 2.75) is 13.8 Å². The number of morpholine rings is 1. The van der Waals surface area contributed by atoms with Crippen LogP contribution in [0.4, 0.5) is 28.8 Å². The fourth-order valence-corrected chi connectivity index (χ4v) is 3.41.